The highest BCUT2D eigenvalue weighted by Gasteiger charge is 2.23. The number of anilines is 1. The molecule has 1 aromatic heterocycles. The number of ether oxygens (including phenoxy) is 1. The molecule has 2 N–H and O–H groups in total. The Kier molecular flexibility index (Phi) is 7.21. The van der Waals surface area contributed by atoms with E-state index in [1.807, 2.05) is 56.3 Å². The fraction of sp³-hybridized carbons (Fsp3) is 0.333. The molecule has 0 fully saturated rings. The molecule has 2 amide bonds. The SMILES string of the molecule is Cc1cccc(NC(=O)CNC(=O)COC(=O)c2c3c(nc4ccccc24)CCCCC3)c1C. The lowest BCUT2D eigenvalue weighted by Gasteiger charge is -2.15. The molecule has 0 radical (unpaired) electrons. The summed E-state index contributed by atoms with van der Waals surface area (Å²) >= 11 is 0. The Labute approximate surface area is 198 Å². The zero-order valence-corrected chi connectivity index (χ0v) is 19.6. The van der Waals surface area contributed by atoms with E-state index in [9.17, 15) is 14.4 Å². The van der Waals surface area contributed by atoms with Gasteiger partial charge < -0.3 is 15.4 Å². The maximum atomic E-state index is 13.1. The van der Waals surface area contributed by atoms with E-state index in [4.69, 9.17) is 9.72 Å². The van der Waals surface area contributed by atoms with Gasteiger partial charge in [0.25, 0.3) is 5.91 Å². The maximum absolute atomic E-state index is 13.1. The van der Waals surface area contributed by atoms with E-state index in [0.29, 0.717) is 11.3 Å². The van der Waals surface area contributed by atoms with Gasteiger partial charge in [0.05, 0.1) is 17.6 Å². The molecule has 4 rings (SSSR count). The lowest BCUT2D eigenvalue weighted by Crippen LogP contribution is -2.35. The highest BCUT2D eigenvalue weighted by Crippen LogP contribution is 2.29. The average molecular weight is 460 g/mol. The first-order valence-electron chi connectivity index (χ1n) is 11.6. The number of hydrogen-bond acceptors (Lipinski definition) is 5. The minimum absolute atomic E-state index is 0.211. The molecule has 0 saturated carbocycles. The molecule has 176 valence electrons. The van der Waals surface area contributed by atoms with E-state index in [2.05, 4.69) is 10.6 Å². The number of aromatic nitrogens is 1. The predicted molar refractivity (Wildman–Crippen MR) is 131 cm³/mol. The summed E-state index contributed by atoms with van der Waals surface area (Å²) in [6.07, 6.45) is 4.72. The van der Waals surface area contributed by atoms with Gasteiger partial charge in [0.15, 0.2) is 6.61 Å². The standard InChI is InChI=1S/C27H29N3O4/c1-17-9-8-14-21(18(17)2)30-24(31)15-28-25(32)16-34-27(33)26-19-10-4-3-5-12-22(19)29-23-13-7-6-11-20(23)26/h6-9,11,13-14H,3-5,10,12,15-16H2,1-2H3,(H,28,32)(H,30,31). The Bertz CT molecular complexity index is 1250. The lowest BCUT2D eigenvalue weighted by atomic mass is 9.97. The highest BCUT2D eigenvalue weighted by atomic mass is 16.5. The number of rotatable bonds is 6. The topological polar surface area (TPSA) is 97.4 Å². The third-order valence-electron chi connectivity index (χ3n) is 6.28. The lowest BCUT2D eigenvalue weighted by molar-refractivity contribution is -0.126. The summed E-state index contributed by atoms with van der Waals surface area (Å²) in [7, 11) is 0. The molecule has 1 heterocycles. The number of fused-ring (bicyclic) bond motifs is 2. The molecule has 2 aromatic carbocycles. The summed E-state index contributed by atoms with van der Waals surface area (Å²) in [5, 5.41) is 6.04. The van der Waals surface area contributed by atoms with Crippen LogP contribution in [0.1, 0.15) is 52.0 Å². The Hall–Kier alpha value is -3.74. The summed E-state index contributed by atoms with van der Waals surface area (Å²) in [6.45, 7) is 3.22. The minimum Gasteiger partial charge on any atom is -0.452 e. The van der Waals surface area contributed by atoms with Crippen LogP contribution in [0.3, 0.4) is 0 Å². The van der Waals surface area contributed by atoms with Gasteiger partial charge in [-0.2, -0.15) is 0 Å². The molecular formula is C27H29N3O4. The zero-order valence-electron chi connectivity index (χ0n) is 19.6. The molecule has 7 heteroatoms. The van der Waals surface area contributed by atoms with Gasteiger partial charge in [-0.05, 0) is 68.4 Å². The quantitative estimate of drug-likeness (QED) is 0.428. The van der Waals surface area contributed by atoms with Crippen LogP contribution in [-0.2, 0) is 27.2 Å². The number of esters is 1. The Balaban J connectivity index is 1.39. The van der Waals surface area contributed by atoms with E-state index >= 15 is 0 Å². The largest absolute Gasteiger partial charge is 0.452 e. The number of aryl methyl sites for hydroxylation is 2. The first-order chi connectivity index (χ1) is 16.4. The first kappa shape index (κ1) is 23.4. The van der Waals surface area contributed by atoms with Crippen LogP contribution in [0.15, 0.2) is 42.5 Å². The maximum Gasteiger partial charge on any atom is 0.339 e. The first-order valence-corrected chi connectivity index (χ1v) is 11.6. The highest BCUT2D eigenvalue weighted by molar-refractivity contribution is 6.05. The molecule has 0 aliphatic heterocycles. The van der Waals surface area contributed by atoms with Crippen molar-refractivity contribution in [1.82, 2.24) is 10.3 Å². The molecule has 0 bridgehead atoms. The van der Waals surface area contributed by atoms with Crippen LogP contribution < -0.4 is 10.6 Å². The van der Waals surface area contributed by atoms with Crippen molar-refractivity contribution in [1.29, 1.82) is 0 Å². The van der Waals surface area contributed by atoms with Crippen molar-refractivity contribution in [3.05, 3.63) is 70.4 Å². The monoisotopic (exact) mass is 459 g/mol. The number of amides is 2. The fourth-order valence-electron chi connectivity index (χ4n) is 4.30. The van der Waals surface area contributed by atoms with E-state index in [1.54, 1.807) is 0 Å². The van der Waals surface area contributed by atoms with Crippen LogP contribution in [-0.4, -0.2) is 35.9 Å². The van der Waals surface area contributed by atoms with Crippen LogP contribution >= 0.6 is 0 Å². The molecule has 3 aromatic rings. The number of carbonyl (C=O) groups is 3. The third kappa shape index (κ3) is 5.25. The average Bonchev–Trinajstić information content (AvgIpc) is 3.07. The van der Waals surface area contributed by atoms with Crippen LogP contribution in [0.2, 0.25) is 0 Å². The van der Waals surface area contributed by atoms with Crippen molar-refractivity contribution >= 4 is 34.4 Å². The van der Waals surface area contributed by atoms with E-state index in [0.717, 1.165) is 65.4 Å². The minimum atomic E-state index is -0.535. The Morgan fingerprint density at radius 3 is 2.59 bits per heavy atom. The van der Waals surface area contributed by atoms with Gasteiger partial charge in [-0.3, -0.25) is 14.6 Å². The fourth-order valence-corrected chi connectivity index (χ4v) is 4.30. The van der Waals surface area contributed by atoms with Crippen molar-refractivity contribution in [2.45, 2.75) is 46.0 Å². The summed E-state index contributed by atoms with van der Waals surface area (Å²) in [5.74, 6) is -1.42. The van der Waals surface area contributed by atoms with Crippen molar-refractivity contribution < 1.29 is 19.1 Å². The number of pyridine rings is 1. The molecule has 0 unspecified atom stereocenters. The van der Waals surface area contributed by atoms with Crippen LogP contribution in [0.25, 0.3) is 10.9 Å². The van der Waals surface area contributed by atoms with Crippen LogP contribution in [0.5, 0.6) is 0 Å². The molecule has 0 atom stereocenters. The molecule has 0 saturated heterocycles. The van der Waals surface area contributed by atoms with Crippen LogP contribution in [0, 0.1) is 13.8 Å². The second kappa shape index (κ2) is 10.5. The van der Waals surface area contributed by atoms with E-state index < -0.39 is 18.5 Å². The predicted octanol–water partition coefficient (Wildman–Crippen LogP) is 4.03. The molecule has 0 spiro atoms. The molecule has 1 aliphatic carbocycles. The molecule has 34 heavy (non-hydrogen) atoms. The smallest absolute Gasteiger partial charge is 0.339 e. The number of para-hydroxylation sites is 1. The number of nitrogens with zero attached hydrogens (tertiary/aromatic N) is 1. The van der Waals surface area contributed by atoms with Gasteiger partial charge in [0.1, 0.15) is 0 Å². The second-order valence-corrected chi connectivity index (χ2v) is 8.64. The Morgan fingerprint density at radius 1 is 0.941 bits per heavy atom. The van der Waals surface area contributed by atoms with E-state index in [1.165, 1.54) is 0 Å². The van der Waals surface area contributed by atoms with Gasteiger partial charge in [0.2, 0.25) is 5.91 Å². The van der Waals surface area contributed by atoms with Gasteiger partial charge in [-0.1, -0.05) is 36.8 Å². The number of nitrogens with one attached hydrogen (secondary N) is 2. The second-order valence-electron chi connectivity index (χ2n) is 8.64. The molecule has 1 aliphatic rings. The number of hydrogen-bond donors (Lipinski definition) is 2. The van der Waals surface area contributed by atoms with Gasteiger partial charge in [0, 0.05) is 16.8 Å². The van der Waals surface area contributed by atoms with Crippen molar-refractivity contribution in [2.24, 2.45) is 0 Å². The summed E-state index contributed by atoms with van der Waals surface area (Å²) in [6, 6.07) is 13.1. The molecular weight excluding hydrogens is 430 g/mol. The summed E-state index contributed by atoms with van der Waals surface area (Å²) in [4.78, 5) is 42.4. The van der Waals surface area contributed by atoms with Gasteiger partial charge in [-0.25, -0.2) is 4.79 Å². The van der Waals surface area contributed by atoms with Crippen LogP contribution in [0.4, 0.5) is 5.69 Å². The molecule has 7 nitrogen and oxygen atoms in total. The van der Waals surface area contributed by atoms with Gasteiger partial charge >= 0.3 is 5.97 Å². The number of benzene rings is 2. The summed E-state index contributed by atoms with van der Waals surface area (Å²) < 4.78 is 5.38. The third-order valence-corrected chi connectivity index (χ3v) is 6.28. The van der Waals surface area contributed by atoms with Crippen molar-refractivity contribution in [3.8, 4) is 0 Å². The van der Waals surface area contributed by atoms with Crippen molar-refractivity contribution in [2.75, 3.05) is 18.5 Å². The zero-order chi connectivity index (χ0) is 24.1. The van der Waals surface area contributed by atoms with Gasteiger partial charge in [-0.15, -0.1) is 0 Å². The van der Waals surface area contributed by atoms with Crippen molar-refractivity contribution in [3.63, 3.8) is 0 Å². The normalized spacial score (nSPS) is 13.0. The Morgan fingerprint density at radius 2 is 1.74 bits per heavy atom. The summed E-state index contributed by atoms with van der Waals surface area (Å²) in [5.41, 5.74) is 5.86. The number of carbonyl (C=O) groups excluding carboxylic acids is 3. The van der Waals surface area contributed by atoms with E-state index in [-0.39, 0.29) is 12.5 Å².